The van der Waals surface area contributed by atoms with E-state index >= 15 is 0 Å². The van der Waals surface area contributed by atoms with Crippen molar-refractivity contribution < 1.29 is 47.6 Å². The Balaban J connectivity index is 3.17. The van der Waals surface area contributed by atoms with Crippen LogP contribution in [0.2, 0.25) is 0 Å². The van der Waals surface area contributed by atoms with Crippen LogP contribution in [0.5, 0.6) is 0 Å². The van der Waals surface area contributed by atoms with Crippen LogP contribution in [0.1, 0.15) is 47.5 Å². The molecule has 0 saturated carbocycles. The van der Waals surface area contributed by atoms with E-state index in [1.54, 1.807) is 0 Å². The Bertz CT molecular complexity index is 682. The van der Waals surface area contributed by atoms with Crippen LogP contribution >= 0.6 is 0 Å². The average Bonchev–Trinajstić information content (AvgIpc) is 2.63. The van der Waals surface area contributed by atoms with Crippen molar-refractivity contribution in [2.75, 3.05) is 13.2 Å². The lowest BCUT2D eigenvalue weighted by Gasteiger charge is -2.44. The van der Waals surface area contributed by atoms with Crippen LogP contribution in [0.3, 0.4) is 0 Å². The molecular weight excluding hydrogens is 412 g/mol. The molecule has 10 nitrogen and oxygen atoms in total. The molecule has 0 amide bonds. The normalized spacial score (nSPS) is 26.1. The summed E-state index contributed by atoms with van der Waals surface area (Å²) in [7, 11) is 0. The quantitative estimate of drug-likeness (QED) is 0.276. The summed E-state index contributed by atoms with van der Waals surface area (Å²) in [6.45, 7) is 6.55. The first-order chi connectivity index (χ1) is 14.5. The number of esters is 4. The molecule has 6 atom stereocenters. The summed E-state index contributed by atoms with van der Waals surface area (Å²) < 4.78 is 32.5. The van der Waals surface area contributed by atoms with Crippen LogP contribution in [-0.2, 0) is 47.6 Å². The number of carbonyl (C=O) groups excluding carboxylic acids is 4. The number of terminal acetylenes is 1. The maximum Gasteiger partial charge on any atom is 0.303 e. The van der Waals surface area contributed by atoms with Gasteiger partial charge in [0.15, 0.2) is 24.6 Å². The van der Waals surface area contributed by atoms with Gasteiger partial charge < -0.3 is 28.4 Å². The van der Waals surface area contributed by atoms with Gasteiger partial charge in [0.25, 0.3) is 0 Å². The Morgan fingerprint density at radius 1 is 0.903 bits per heavy atom. The second-order valence-corrected chi connectivity index (χ2v) is 7.24. The van der Waals surface area contributed by atoms with E-state index in [0.717, 1.165) is 13.8 Å². The highest BCUT2D eigenvalue weighted by molar-refractivity contribution is 5.68. The predicted molar refractivity (Wildman–Crippen MR) is 105 cm³/mol. The summed E-state index contributed by atoms with van der Waals surface area (Å²) in [5.41, 5.74) is 0. The summed E-state index contributed by atoms with van der Waals surface area (Å²) >= 11 is 0. The lowest BCUT2D eigenvalue weighted by Crippen LogP contribution is -2.63. The molecule has 4 unspecified atom stereocenters. The molecule has 0 N–H and O–H groups in total. The minimum absolute atomic E-state index is 0.177. The van der Waals surface area contributed by atoms with Crippen molar-refractivity contribution in [3.63, 3.8) is 0 Å². The Labute approximate surface area is 181 Å². The van der Waals surface area contributed by atoms with Crippen LogP contribution in [-0.4, -0.2) is 67.8 Å². The molecule has 0 aliphatic carbocycles. The highest BCUT2D eigenvalue weighted by Gasteiger charge is 2.52. The summed E-state index contributed by atoms with van der Waals surface area (Å²) in [5.74, 6) is 0.0849. The minimum Gasteiger partial charge on any atom is -0.463 e. The van der Waals surface area contributed by atoms with Crippen molar-refractivity contribution in [1.82, 2.24) is 0 Å². The van der Waals surface area contributed by atoms with Gasteiger partial charge in [-0.05, 0) is 12.3 Å². The van der Waals surface area contributed by atoms with Crippen LogP contribution in [0.4, 0.5) is 0 Å². The van der Waals surface area contributed by atoms with E-state index in [1.807, 2.05) is 6.92 Å². The molecule has 0 aromatic carbocycles. The largest absolute Gasteiger partial charge is 0.463 e. The zero-order chi connectivity index (χ0) is 23.6. The zero-order valence-electron chi connectivity index (χ0n) is 18.5. The first kappa shape index (κ1) is 26.4. The highest BCUT2D eigenvalue weighted by atomic mass is 16.7. The average molecular weight is 442 g/mol. The zero-order valence-corrected chi connectivity index (χ0v) is 18.5. The van der Waals surface area contributed by atoms with E-state index in [0.29, 0.717) is 12.8 Å². The third-order valence-electron chi connectivity index (χ3n) is 4.31. The number of carbonyl (C=O) groups is 4. The fourth-order valence-electron chi connectivity index (χ4n) is 3.01. The number of hydrogen-bond acceptors (Lipinski definition) is 10. The van der Waals surface area contributed by atoms with Crippen LogP contribution < -0.4 is 0 Å². The van der Waals surface area contributed by atoms with E-state index in [-0.39, 0.29) is 19.1 Å². The molecule has 0 bridgehead atoms. The monoisotopic (exact) mass is 442 g/mol. The van der Waals surface area contributed by atoms with Gasteiger partial charge in [0.05, 0.1) is 6.61 Å². The third kappa shape index (κ3) is 9.36. The molecule has 1 fully saturated rings. The fraction of sp³-hybridized carbons (Fsp3) is 0.714. The molecule has 0 aromatic heterocycles. The van der Waals surface area contributed by atoms with Gasteiger partial charge in [-0.2, -0.15) is 0 Å². The van der Waals surface area contributed by atoms with Crippen molar-refractivity contribution in [3.05, 3.63) is 0 Å². The van der Waals surface area contributed by atoms with Crippen LogP contribution in [0, 0.1) is 18.3 Å². The third-order valence-corrected chi connectivity index (χ3v) is 4.31. The Morgan fingerprint density at radius 3 is 1.97 bits per heavy atom. The first-order valence-corrected chi connectivity index (χ1v) is 9.90. The van der Waals surface area contributed by atoms with E-state index in [4.69, 9.17) is 34.8 Å². The smallest absolute Gasteiger partial charge is 0.303 e. The van der Waals surface area contributed by atoms with Gasteiger partial charge >= 0.3 is 23.9 Å². The van der Waals surface area contributed by atoms with Crippen molar-refractivity contribution in [2.24, 2.45) is 5.92 Å². The van der Waals surface area contributed by atoms with Crippen molar-refractivity contribution in [1.29, 1.82) is 0 Å². The molecule has 1 aliphatic heterocycles. The fourth-order valence-corrected chi connectivity index (χ4v) is 3.01. The molecule has 31 heavy (non-hydrogen) atoms. The summed E-state index contributed by atoms with van der Waals surface area (Å²) in [6.07, 6.45) is 0.599. The van der Waals surface area contributed by atoms with Gasteiger partial charge in [-0.15, -0.1) is 12.3 Å². The van der Waals surface area contributed by atoms with Gasteiger partial charge in [0.1, 0.15) is 12.7 Å². The number of hydrogen-bond donors (Lipinski definition) is 0. The standard InChI is InChI=1S/C21H30O10/c1-7-8-12(2)9-10-26-21-20(30-16(6)25)19(29-15(5)24)18(28-14(4)23)17(31-21)11-27-13(3)22/h1,12,17-21H,8-11H2,2-6H3/t12?,17?,18-,19?,20-,21?/m1/s1. The van der Waals surface area contributed by atoms with Gasteiger partial charge in [-0.3, -0.25) is 19.2 Å². The lowest BCUT2D eigenvalue weighted by molar-refractivity contribution is -0.308. The highest BCUT2D eigenvalue weighted by Crippen LogP contribution is 2.30. The summed E-state index contributed by atoms with van der Waals surface area (Å²) in [5, 5.41) is 0. The molecular formula is C21H30O10. The van der Waals surface area contributed by atoms with E-state index in [9.17, 15) is 19.2 Å². The molecule has 1 heterocycles. The predicted octanol–water partition coefficient (Wildman–Crippen LogP) is 1.14. The van der Waals surface area contributed by atoms with Gasteiger partial charge in [0, 0.05) is 34.1 Å². The van der Waals surface area contributed by atoms with Crippen molar-refractivity contribution in [3.8, 4) is 12.3 Å². The molecule has 0 spiro atoms. The molecule has 1 saturated heterocycles. The van der Waals surface area contributed by atoms with Crippen LogP contribution in [0.25, 0.3) is 0 Å². The maximum absolute atomic E-state index is 11.7. The van der Waals surface area contributed by atoms with Gasteiger partial charge in [-0.25, -0.2) is 0 Å². The Morgan fingerprint density at radius 2 is 1.45 bits per heavy atom. The summed E-state index contributed by atoms with van der Waals surface area (Å²) in [4.78, 5) is 46.4. The van der Waals surface area contributed by atoms with Crippen molar-refractivity contribution in [2.45, 2.75) is 78.2 Å². The molecule has 10 heteroatoms. The van der Waals surface area contributed by atoms with E-state index in [1.165, 1.54) is 13.8 Å². The van der Waals surface area contributed by atoms with Crippen molar-refractivity contribution >= 4 is 23.9 Å². The topological polar surface area (TPSA) is 124 Å². The number of rotatable bonds is 10. The first-order valence-electron chi connectivity index (χ1n) is 9.90. The van der Waals surface area contributed by atoms with E-state index in [2.05, 4.69) is 5.92 Å². The Kier molecular flexibility index (Phi) is 11.0. The molecule has 0 radical (unpaired) electrons. The number of ether oxygens (including phenoxy) is 6. The van der Waals surface area contributed by atoms with Gasteiger partial charge in [0.2, 0.25) is 0 Å². The molecule has 174 valence electrons. The minimum atomic E-state index is -1.24. The molecule has 0 aromatic rings. The molecule has 1 aliphatic rings. The molecule has 1 rings (SSSR count). The summed E-state index contributed by atoms with van der Waals surface area (Å²) in [6, 6.07) is 0. The lowest BCUT2D eigenvalue weighted by atomic mass is 9.98. The van der Waals surface area contributed by atoms with Gasteiger partial charge in [-0.1, -0.05) is 6.92 Å². The maximum atomic E-state index is 11.7. The van der Waals surface area contributed by atoms with E-state index < -0.39 is 54.6 Å². The second-order valence-electron chi connectivity index (χ2n) is 7.24. The second kappa shape index (κ2) is 12.9. The SMILES string of the molecule is C#CCC(C)CCOC1OC(COC(C)=O)[C@@H](OC(C)=O)C(OC(C)=O)[C@H]1OC(C)=O. The Hall–Kier alpha value is -2.64. The van der Waals surface area contributed by atoms with Crippen LogP contribution in [0.15, 0.2) is 0 Å².